The van der Waals surface area contributed by atoms with Crippen LogP contribution in [0, 0.1) is 11.8 Å². The third-order valence-electron chi connectivity index (χ3n) is 5.90. The first kappa shape index (κ1) is 24.1. The molecular formula is C26H27Cl2NO3. The van der Waals surface area contributed by atoms with E-state index in [0.29, 0.717) is 23.7 Å². The zero-order valence-corrected chi connectivity index (χ0v) is 20.2. The van der Waals surface area contributed by atoms with Gasteiger partial charge in [0.1, 0.15) is 15.7 Å². The second-order valence-electron chi connectivity index (χ2n) is 7.93. The molecule has 32 heavy (non-hydrogen) atoms. The van der Waals surface area contributed by atoms with Crippen LogP contribution in [-0.4, -0.2) is 18.1 Å². The average molecular weight is 472 g/mol. The highest BCUT2D eigenvalue weighted by atomic mass is 35.5. The number of fused-ring (bicyclic) bond motifs is 1. The summed E-state index contributed by atoms with van der Waals surface area (Å²) in [7, 11) is 1.38. The maximum atomic E-state index is 13.3. The Labute approximate surface area is 199 Å². The molecule has 0 aliphatic heterocycles. The summed E-state index contributed by atoms with van der Waals surface area (Å²) in [5, 5.41) is 2.05. The van der Waals surface area contributed by atoms with Crippen molar-refractivity contribution >= 4 is 39.9 Å². The largest absolute Gasteiger partial charge is 0.468 e. The maximum Gasteiger partial charge on any atom is 0.318 e. The monoisotopic (exact) mass is 471 g/mol. The standard InChI is InChI=1S/C26H27Cl2NO3/c1-5-19(16-23(27)28)26(17(2)3,25(30)31-4)22-14-9-15-24(29-22)32-21-13-8-11-18-10-6-7-12-20(18)21/h6-17,19H,5H2,1-4H3. The Balaban J connectivity index is 2.14. The van der Waals surface area contributed by atoms with E-state index >= 15 is 0 Å². The Morgan fingerprint density at radius 1 is 1.06 bits per heavy atom. The zero-order valence-electron chi connectivity index (χ0n) is 18.6. The van der Waals surface area contributed by atoms with Gasteiger partial charge in [0, 0.05) is 17.4 Å². The van der Waals surface area contributed by atoms with Crippen molar-refractivity contribution in [3.63, 3.8) is 0 Å². The smallest absolute Gasteiger partial charge is 0.318 e. The van der Waals surface area contributed by atoms with E-state index in [1.54, 1.807) is 12.1 Å². The highest BCUT2D eigenvalue weighted by molar-refractivity contribution is 6.55. The van der Waals surface area contributed by atoms with Crippen LogP contribution in [0.15, 0.2) is 71.2 Å². The lowest BCUT2D eigenvalue weighted by Gasteiger charge is -2.39. The van der Waals surface area contributed by atoms with Gasteiger partial charge in [-0.15, -0.1) is 0 Å². The molecule has 6 heteroatoms. The third kappa shape index (κ3) is 4.62. The highest BCUT2D eigenvalue weighted by Crippen LogP contribution is 2.44. The first-order valence-electron chi connectivity index (χ1n) is 10.6. The fourth-order valence-electron chi connectivity index (χ4n) is 4.40. The van der Waals surface area contributed by atoms with Crippen LogP contribution in [0.1, 0.15) is 32.9 Å². The van der Waals surface area contributed by atoms with Gasteiger partial charge in [0.25, 0.3) is 0 Å². The number of allylic oxidation sites excluding steroid dienone is 1. The number of hydrogen-bond acceptors (Lipinski definition) is 4. The summed E-state index contributed by atoms with van der Waals surface area (Å²) < 4.78 is 11.6. The maximum absolute atomic E-state index is 13.3. The van der Waals surface area contributed by atoms with Gasteiger partial charge in [0.05, 0.1) is 12.8 Å². The van der Waals surface area contributed by atoms with Crippen LogP contribution in [0.3, 0.4) is 0 Å². The molecule has 1 heterocycles. The van der Waals surface area contributed by atoms with Crippen molar-refractivity contribution in [1.82, 2.24) is 4.98 Å². The fourth-order valence-corrected chi connectivity index (χ4v) is 4.70. The number of aromatic nitrogens is 1. The van der Waals surface area contributed by atoms with E-state index in [0.717, 1.165) is 10.8 Å². The van der Waals surface area contributed by atoms with E-state index < -0.39 is 5.41 Å². The molecule has 0 aliphatic carbocycles. The second kappa shape index (κ2) is 10.4. The van der Waals surface area contributed by atoms with Gasteiger partial charge in [-0.25, -0.2) is 4.98 Å². The average Bonchev–Trinajstić information content (AvgIpc) is 2.78. The van der Waals surface area contributed by atoms with Crippen LogP contribution >= 0.6 is 23.2 Å². The van der Waals surface area contributed by atoms with Crippen molar-refractivity contribution in [2.45, 2.75) is 32.6 Å². The van der Waals surface area contributed by atoms with Gasteiger partial charge in [0.15, 0.2) is 0 Å². The molecule has 3 aromatic rings. The lowest BCUT2D eigenvalue weighted by Crippen LogP contribution is -2.48. The van der Waals surface area contributed by atoms with Gasteiger partial charge in [0.2, 0.25) is 5.88 Å². The molecule has 0 N–H and O–H groups in total. The lowest BCUT2D eigenvalue weighted by molar-refractivity contribution is -0.152. The van der Waals surface area contributed by atoms with E-state index in [1.807, 2.05) is 75.4 Å². The summed E-state index contributed by atoms with van der Waals surface area (Å²) in [6, 6.07) is 19.3. The SMILES string of the molecule is CCC(C=C(Cl)Cl)C(C(=O)OC)(c1cccc(Oc2cccc3ccccc23)n1)C(C)C. The highest BCUT2D eigenvalue weighted by Gasteiger charge is 2.51. The summed E-state index contributed by atoms with van der Waals surface area (Å²) in [4.78, 5) is 18.1. The molecule has 2 atom stereocenters. The summed E-state index contributed by atoms with van der Waals surface area (Å²) in [5.74, 6) is 0.227. The Kier molecular flexibility index (Phi) is 7.81. The van der Waals surface area contributed by atoms with Crippen LogP contribution in [-0.2, 0) is 14.9 Å². The number of nitrogens with zero attached hydrogens (tertiary/aromatic N) is 1. The number of ether oxygens (including phenoxy) is 2. The van der Waals surface area contributed by atoms with E-state index in [9.17, 15) is 4.79 Å². The first-order valence-corrected chi connectivity index (χ1v) is 11.3. The number of esters is 1. The number of halogens is 2. The number of methoxy groups -OCH3 is 1. The number of carbonyl (C=O) groups excluding carboxylic acids is 1. The van der Waals surface area contributed by atoms with Gasteiger partial charge in [-0.2, -0.15) is 0 Å². The number of carbonyl (C=O) groups is 1. The molecule has 0 spiro atoms. The summed E-state index contributed by atoms with van der Waals surface area (Å²) in [5.41, 5.74) is -0.536. The lowest BCUT2D eigenvalue weighted by atomic mass is 9.64. The first-order chi connectivity index (χ1) is 15.3. The molecule has 3 rings (SSSR count). The third-order valence-corrected chi connectivity index (χ3v) is 6.15. The van der Waals surface area contributed by atoms with Crippen molar-refractivity contribution in [3.8, 4) is 11.6 Å². The van der Waals surface area contributed by atoms with Gasteiger partial charge in [-0.05, 0) is 35.9 Å². The minimum absolute atomic E-state index is 0.105. The molecule has 2 aromatic carbocycles. The number of benzene rings is 2. The predicted molar refractivity (Wildman–Crippen MR) is 130 cm³/mol. The van der Waals surface area contributed by atoms with E-state index in [1.165, 1.54) is 7.11 Å². The Morgan fingerprint density at radius 2 is 1.75 bits per heavy atom. The minimum atomic E-state index is -1.09. The molecule has 0 radical (unpaired) electrons. The molecule has 0 saturated carbocycles. The molecule has 2 unspecified atom stereocenters. The minimum Gasteiger partial charge on any atom is -0.468 e. The molecule has 0 aliphatic rings. The number of rotatable bonds is 8. The molecular weight excluding hydrogens is 445 g/mol. The van der Waals surface area contributed by atoms with Crippen molar-refractivity contribution in [2.24, 2.45) is 11.8 Å². The van der Waals surface area contributed by atoms with Crippen molar-refractivity contribution in [2.75, 3.05) is 7.11 Å². The van der Waals surface area contributed by atoms with E-state index in [-0.39, 0.29) is 22.3 Å². The van der Waals surface area contributed by atoms with Crippen molar-refractivity contribution in [3.05, 3.63) is 76.9 Å². The van der Waals surface area contributed by atoms with E-state index in [2.05, 4.69) is 0 Å². The Hall–Kier alpha value is -2.56. The van der Waals surface area contributed by atoms with Gasteiger partial charge in [-0.1, -0.05) is 86.4 Å². The number of hydrogen-bond donors (Lipinski definition) is 0. The fraction of sp³-hybridized carbons (Fsp3) is 0.308. The van der Waals surface area contributed by atoms with E-state index in [4.69, 9.17) is 37.7 Å². The molecule has 168 valence electrons. The molecule has 0 saturated heterocycles. The molecule has 0 fully saturated rings. The van der Waals surface area contributed by atoms with Gasteiger partial charge >= 0.3 is 5.97 Å². The topological polar surface area (TPSA) is 48.4 Å². The van der Waals surface area contributed by atoms with Crippen LogP contribution in [0.4, 0.5) is 0 Å². The quantitative estimate of drug-likeness (QED) is 0.320. The molecule has 4 nitrogen and oxygen atoms in total. The molecule has 0 amide bonds. The normalized spacial score (nSPS) is 14.0. The van der Waals surface area contributed by atoms with Gasteiger partial charge in [-0.3, -0.25) is 4.79 Å². The van der Waals surface area contributed by atoms with Crippen LogP contribution in [0.2, 0.25) is 0 Å². The molecule has 1 aromatic heterocycles. The molecule has 0 bridgehead atoms. The van der Waals surface area contributed by atoms with Crippen molar-refractivity contribution in [1.29, 1.82) is 0 Å². The predicted octanol–water partition coefficient (Wildman–Crippen LogP) is 7.44. The van der Waals surface area contributed by atoms with Crippen molar-refractivity contribution < 1.29 is 14.3 Å². The summed E-state index contributed by atoms with van der Waals surface area (Å²) >= 11 is 12.0. The second-order valence-corrected chi connectivity index (χ2v) is 8.93. The Bertz CT molecular complexity index is 1120. The number of pyridine rings is 1. The summed E-state index contributed by atoms with van der Waals surface area (Å²) in [6.45, 7) is 5.92. The van der Waals surface area contributed by atoms with Crippen LogP contribution in [0.5, 0.6) is 11.6 Å². The van der Waals surface area contributed by atoms with Crippen LogP contribution in [0.25, 0.3) is 10.8 Å². The zero-order chi connectivity index (χ0) is 23.3. The van der Waals surface area contributed by atoms with Gasteiger partial charge < -0.3 is 9.47 Å². The Morgan fingerprint density at radius 3 is 2.41 bits per heavy atom. The summed E-state index contributed by atoms with van der Waals surface area (Å²) in [6.07, 6.45) is 2.31. The van der Waals surface area contributed by atoms with Crippen LogP contribution < -0.4 is 4.74 Å².